The number of nitrogens with zero attached hydrogens (tertiary/aromatic N) is 5. The first kappa shape index (κ1) is 18.4. The fraction of sp³-hybridized carbons (Fsp3) is 0.632. The second kappa shape index (κ2) is 8.39. The van der Waals surface area contributed by atoms with Gasteiger partial charge in [0, 0.05) is 37.5 Å². The lowest BCUT2D eigenvalue weighted by molar-refractivity contribution is 0.125. The van der Waals surface area contributed by atoms with Crippen molar-refractivity contribution in [3.63, 3.8) is 0 Å². The zero-order valence-electron chi connectivity index (χ0n) is 16.2. The molecule has 2 atom stereocenters. The van der Waals surface area contributed by atoms with E-state index in [4.69, 9.17) is 0 Å². The Bertz CT molecular complexity index is 767. The maximum atomic E-state index is 4.40. The van der Waals surface area contributed by atoms with Gasteiger partial charge in [-0.05, 0) is 50.2 Å². The molecule has 2 aliphatic rings. The summed E-state index contributed by atoms with van der Waals surface area (Å²) < 4.78 is 2.23. The molecule has 0 amide bonds. The highest BCUT2D eigenvalue weighted by atomic mass is 32.1. The molecular weight excluding hydrogens is 358 g/mol. The van der Waals surface area contributed by atoms with Gasteiger partial charge in [0.25, 0.3) is 0 Å². The first-order valence-electron chi connectivity index (χ1n) is 9.85. The lowest BCUT2D eigenvalue weighted by atomic mass is 9.88. The zero-order chi connectivity index (χ0) is 18.6. The first-order valence-corrected chi connectivity index (χ1v) is 10.7. The van der Waals surface area contributed by atoms with Crippen LogP contribution in [-0.4, -0.2) is 52.8 Å². The van der Waals surface area contributed by atoms with Gasteiger partial charge in [-0.1, -0.05) is 6.07 Å². The number of piperidine rings is 1. The van der Waals surface area contributed by atoms with E-state index in [0.717, 1.165) is 37.1 Å². The molecule has 0 radical (unpaired) electrons. The van der Waals surface area contributed by atoms with E-state index in [0.29, 0.717) is 18.5 Å². The van der Waals surface area contributed by atoms with Gasteiger partial charge in [-0.3, -0.25) is 9.89 Å². The van der Waals surface area contributed by atoms with Crippen LogP contribution in [0, 0.1) is 5.92 Å². The van der Waals surface area contributed by atoms with Crippen molar-refractivity contribution in [3.8, 4) is 0 Å². The summed E-state index contributed by atoms with van der Waals surface area (Å²) in [5.41, 5.74) is 0. The Morgan fingerprint density at radius 3 is 3.04 bits per heavy atom. The number of rotatable bonds is 5. The normalized spacial score (nSPS) is 23.4. The van der Waals surface area contributed by atoms with Crippen molar-refractivity contribution in [1.82, 2.24) is 30.3 Å². The lowest BCUT2D eigenvalue weighted by Gasteiger charge is -2.39. The molecule has 2 N–H and O–H groups in total. The van der Waals surface area contributed by atoms with Crippen LogP contribution in [-0.2, 0) is 19.5 Å². The maximum absolute atomic E-state index is 4.40. The van der Waals surface area contributed by atoms with Gasteiger partial charge in [-0.25, -0.2) is 0 Å². The Kier molecular flexibility index (Phi) is 5.73. The molecule has 27 heavy (non-hydrogen) atoms. The number of likely N-dealkylation sites (tertiary alicyclic amines) is 1. The van der Waals surface area contributed by atoms with E-state index in [2.05, 4.69) is 59.9 Å². The van der Waals surface area contributed by atoms with Crippen LogP contribution in [0.3, 0.4) is 0 Å². The quantitative estimate of drug-likeness (QED) is 0.607. The van der Waals surface area contributed by atoms with Crippen molar-refractivity contribution < 1.29 is 0 Å². The summed E-state index contributed by atoms with van der Waals surface area (Å²) in [6.07, 6.45) is 4.71. The highest BCUT2D eigenvalue weighted by Crippen LogP contribution is 2.36. The SMILES string of the molecule is CN=C(NCc1nnc2n1CCC2)NCC1CCCN(C)C1c1cccs1. The number of aryl methyl sites for hydroxylation is 1. The third-order valence-electron chi connectivity index (χ3n) is 5.70. The fourth-order valence-corrected chi connectivity index (χ4v) is 5.32. The summed E-state index contributed by atoms with van der Waals surface area (Å²) in [5, 5.41) is 17.7. The van der Waals surface area contributed by atoms with Crippen LogP contribution in [0.15, 0.2) is 22.5 Å². The van der Waals surface area contributed by atoms with Crippen molar-refractivity contribution >= 4 is 17.3 Å². The van der Waals surface area contributed by atoms with E-state index in [1.807, 2.05) is 18.4 Å². The van der Waals surface area contributed by atoms with Crippen LogP contribution in [0.2, 0.25) is 0 Å². The molecule has 2 aromatic rings. The van der Waals surface area contributed by atoms with E-state index in [9.17, 15) is 0 Å². The van der Waals surface area contributed by atoms with Gasteiger partial charge in [0.2, 0.25) is 0 Å². The van der Waals surface area contributed by atoms with Crippen LogP contribution < -0.4 is 10.6 Å². The average molecular weight is 388 g/mol. The standard InChI is InChI=1S/C19H29N7S/c1-20-19(22-13-17-24-23-16-8-4-10-26(16)17)21-12-14-6-3-9-25(2)18(14)15-7-5-11-27-15/h5,7,11,14,18H,3-4,6,8-10,12-13H2,1-2H3,(H2,20,21,22). The third kappa shape index (κ3) is 4.01. The molecule has 7 nitrogen and oxygen atoms in total. The molecule has 0 aliphatic carbocycles. The van der Waals surface area contributed by atoms with E-state index in [1.54, 1.807) is 0 Å². The summed E-state index contributed by atoms with van der Waals surface area (Å²) >= 11 is 1.86. The number of hydrogen-bond acceptors (Lipinski definition) is 5. The third-order valence-corrected chi connectivity index (χ3v) is 6.64. The molecular formula is C19H29N7S. The zero-order valence-corrected chi connectivity index (χ0v) is 17.0. The van der Waals surface area contributed by atoms with Gasteiger partial charge in [0.05, 0.1) is 6.54 Å². The molecule has 0 saturated carbocycles. The van der Waals surface area contributed by atoms with Gasteiger partial charge < -0.3 is 15.2 Å². The molecule has 146 valence electrons. The fourth-order valence-electron chi connectivity index (χ4n) is 4.34. The molecule has 1 saturated heterocycles. The highest BCUT2D eigenvalue weighted by molar-refractivity contribution is 7.10. The highest BCUT2D eigenvalue weighted by Gasteiger charge is 2.31. The minimum absolute atomic E-state index is 0.490. The number of nitrogens with one attached hydrogen (secondary N) is 2. The van der Waals surface area contributed by atoms with Gasteiger partial charge in [0.15, 0.2) is 11.8 Å². The summed E-state index contributed by atoms with van der Waals surface area (Å²) in [6, 6.07) is 4.91. The van der Waals surface area contributed by atoms with E-state index < -0.39 is 0 Å². The molecule has 2 aliphatic heterocycles. The largest absolute Gasteiger partial charge is 0.356 e. The predicted octanol–water partition coefficient (Wildman–Crippen LogP) is 2.03. The van der Waals surface area contributed by atoms with Crippen molar-refractivity contribution in [2.45, 2.75) is 44.8 Å². The summed E-state index contributed by atoms with van der Waals surface area (Å²) in [6.45, 7) is 3.78. The van der Waals surface area contributed by atoms with Crippen molar-refractivity contribution in [3.05, 3.63) is 34.0 Å². The molecule has 4 heterocycles. The minimum Gasteiger partial charge on any atom is -0.356 e. The summed E-state index contributed by atoms with van der Waals surface area (Å²) in [5.74, 6) is 3.53. The van der Waals surface area contributed by atoms with Gasteiger partial charge in [-0.15, -0.1) is 21.5 Å². The van der Waals surface area contributed by atoms with Crippen molar-refractivity contribution in [1.29, 1.82) is 0 Å². The number of aliphatic imine (C=N–C) groups is 1. The molecule has 0 spiro atoms. The molecule has 8 heteroatoms. The van der Waals surface area contributed by atoms with Crippen LogP contribution in [0.4, 0.5) is 0 Å². The number of fused-ring (bicyclic) bond motifs is 1. The molecule has 2 aromatic heterocycles. The summed E-state index contributed by atoms with van der Waals surface area (Å²) in [4.78, 5) is 8.36. The van der Waals surface area contributed by atoms with Gasteiger partial charge in [0.1, 0.15) is 5.82 Å². The summed E-state index contributed by atoms with van der Waals surface area (Å²) in [7, 11) is 4.07. The Hall–Kier alpha value is -1.93. The molecule has 2 unspecified atom stereocenters. The predicted molar refractivity (Wildman–Crippen MR) is 109 cm³/mol. The van der Waals surface area contributed by atoms with Crippen LogP contribution in [0.1, 0.15) is 41.8 Å². The van der Waals surface area contributed by atoms with E-state index in [-0.39, 0.29) is 0 Å². The van der Waals surface area contributed by atoms with Crippen LogP contribution >= 0.6 is 11.3 Å². The Labute approximate surface area is 164 Å². The second-order valence-corrected chi connectivity index (χ2v) is 8.42. The van der Waals surface area contributed by atoms with Crippen molar-refractivity contribution in [2.24, 2.45) is 10.9 Å². The number of aromatic nitrogens is 3. The van der Waals surface area contributed by atoms with E-state index in [1.165, 1.54) is 30.7 Å². The van der Waals surface area contributed by atoms with Crippen LogP contribution in [0.5, 0.6) is 0 Å². The Morgan fingerprint density at radius 1 is 1.30 bits per heavy atom. The topological polar surface area (TPSA) is 70.4 Å². The number of guanidine groups is 1. The molecule has 1 fully saturated rings. The van der Waals surface area contributed by atoms with E-state index >= 15 is 0 Å². The Morgan fingerprint density at radius 2 is 2.22 bits per heavy atom. The first-order chi connectivity index (χ1) is 13.3. The van der Waals surface area contributed by atoms with Gasteiger partial charge >= 0.3 is 0 Å². The average Bonchev–Trinajstić information content (AvgIpc) is 3.41. The number of thiophene rings is 1. The van der Waals surface area contributed by atoms with Crippen LogP contribution in [0.25, 0.3) is 0 Å². The molecule has 0 aromatic carbocycles. The lowest BCUT2D eigenvalue weighted by Crippen LogP contribution is -2.44. The minimum atomic E-state index is 0.490. The Balaban J connectivity index is 1.34. The maximum Gasteiger partial charge on any atom is 0.191 e. The number of hydrogen-bond donors (Lipinski definition) is 2. The molecule has 0 bridgehead atoms. The smallest absolute Gasteiger partial charge is 0.191 e. The van der Waals surface area contributed by atoms with Gasteiger partial charge in [-0.2, -0.15) is 0 Å². The monoisotopic (exact) mass is 387 g/mol. The van der Waals surface area contributed by atoms with Crippen molar-refractivity contribution in [2.75, 3.05) is 27.2 Å². The molecule has 4 rings (SSSR count). The second-order valence-electron chi connectivity index (χ2n) is 7.44.